The van der Waals surface area contributed by atoms with Crippen molar-refractivity contribution < 1.29 is 14.1 Å². The van der Waals surface area contributed by atoms with Gasteiger partial charge in [-0.05, 0) is 50.7 Å². The Kier molecular flexibility index (Phi) is 5.36. The van der Waals surface area contributed by atoms with Crippen LogP contribution in [-0.2, 0) is 4.74 Å². The summed E-state index contributed by atoms with van der Waals surface area (Å²) >= 11 is 0. The summed E-state index contributed by atoms with van der Waals surface area (Å²) in [5, 5.41) is 6.01. The maximum absolute atomic E-state index is 12.4. The van der Waals surface area contributed by atoms with E-state index in [0.717, 1.165) is 10.8 Å². The number of ether oxygens (including phenoxy) is 1. The standard InChI is InChI=1S/C25H32N3O2/c1-30-25(29)22-14-8-13-21-20(22)15-16-27-17-28(19-11-6-3-7-12-19)24(23(21)27)26-18-9-4-2-5-10-18/h8,13-19,26H,2-7,9-12H2,1H3/q+1. The van der Waals surface area contributed by atoms with Crippen LogP contribution in [0.25, 0.3) is 16.3 Å². The fraction of sp³-hybridized carbons (Fsp3) is 0.520. The highest BCUT2D eigenvalue weighted by molar-refractivity contribution is 6.10. The van der Waals surface area contributed by atoms with E-state index in [-0.39, 0.29) is 5.97 Å². The van der Waals surface area contributed by atoms with Gasteiger partial charge in [0.05, 0.1) is 31.0 Å². The first-order valence-electron chi connectivity index (χ1n) is 11.6. The number of fused-ring (bicyclic) bond motifs is 3. The third-order valence-electron chi connectivity index (χ3n) is 7.07. The van der Waals surface area contributed by atoms with Crippen LogP contribution in [0, 0.1) is 0 Å². The molecule has 2 aliphatic carbocycles. The molecule has 1 N–H and O–H groups in total. The summed E-state index contributed by atoms with van der Waals surface area (Å²) in [6, 6.07) is 9.08. The van der Waals surface area contributed by atoms with Crippen molar-refractivity contribution in [2.45, 2.75) is 76.3 Å². The molecule has 5 heteroatoms. The number of imidazole rings is 1. The van der Waals surface area contributed by atoms with Gasteiger partial charge in [0.15, 0.2) is 11.8 Å². The first-order chi connectivity index (χ1) is 14.8. The first-order valence-corrected chi connectivity index (χ1v) is 11.6. The minimum atomic E-state index is -0.279. The molecule has 0 atom stereocenters. The van der Waals surface area contributed by atoms with Gasteiger partial charge in [-0.25, -0.2) is 13.8 Å². The maximum Gasteiger partial charge on any atom is 0.338 e. The summed E-state index contributed by atoms with van der Waals surface area (Å²) in [5.41, 5.74) is 1.81. The predicted octanol–water partition coefficient (Wildman–Crippen LogP) is 5.42. The first kappa shape index (κ1) is 19.4. The molecule has 3 aromatic rings. The second-order valence-corrected chi connectivity index (χ2v) is 8.97. The smallest absolute Gasteiger partial charge is 0.338 e. The van der Waals surface area contributed by atoms with Gasteiger partial charge in [-0.1, -0.05) is 37.8 Å². The molecule has 30 heavy (non-hydrogen) atoms. The molecule has 0 radical (unpaired) electrons. The lowest BCUT2D eigenvalue weighted by Crippen LogP contribution is -2.43. The van der Waals surface area contributed by atoms with E-state index in [1.165, 1.54) is 82.7 Å². The number of nitrogens with zero attached hydrogens (tertiary/aromatic N) is 2. The summed E-state index contributed by atoms with van der Waals surface area (Å²) in [4.78, 5) is 12.4. The predicted molar refractivity (Wildman–Crippen MR) is 119 cm³/mol. The lowest BCUT2D eigenvalue weighted by Gasteiger charge is -2.24. The van der Waals surface area contributed by atoms with Gasteiger partial charge < -0.3 is 4.74 Å². The van der Waals surface area contributed by atoms with Crippen LogP contribution in [0.5, 0.6) is 0 Å². The minimum Gasteiger partial charge on any atom is -0.465 e. The molecule has 1 aromatic carbocycles. The van der Waals surface area contributed by atoms with E-state index < -0.39 is 0 Å². The lowest BCUT2D eigenvalue weighted by molar-refractivity contribution is -0.711. The van der Waals surface area contributed by atoms with E-state index >= 15 is 0 Å². The molecular formula is C25H32N3O2+. The van der Waals surface area contributed by atoms with Gasteiger partial charge in [-0.3, -0.25) is 5.32 Å². The van der Waals surface area contributed by atoms with Crippen LogP contribution in [0.2, 0.25) is 0 Å². The van der Waals surface area contributed by atoms with Gasteiger partial charge in [-0.2, -0.15) is 0 Å². The molecule has 0 aliphatic heterocycles. The van der Waals surface area contributed by atoms with Crippen molar-refractivity contribution in [3.63, 3.8) is 0 Å². The van der Waals surface area contributed by atoms with Gasteiger partial charge in [0.2, 0.25) is 0 Å². The van der Waals surface area contributed by atoms with Crippen LogP contribution >= 0.6 is 0 Å². The molecule has 2 heterocycles. The minimum absolute atomic E-state index is 0.279. The molecule has 158 valence electrons. The second kappa shape index (κ2) is 8.29. The number of carbonyl (C=O) groups excluding carboxylic acids is 1. The monoisotopic (exact) mass is 406 g/mol. The molecule has 5 rings (SSSR count). The van der Waals surface area contributed by atoms with Gasteiger partial charge in [0.25, 0.3) is 5.82 Å². The Labute approximate surface area is 178 Å². The van der Waals surface area contributed by atoms with Crippen molar-refractivity contribution in [2.24, 2.45) is 0 Å². The second-order valence-electron chi connectivity index (χ2n) is 8.97. The van der Waals surface area contributed by atoms with Crippen LogP contribution < -0.4 is 9.88 Å². The number of methoxy groups -OCH3 is 1. The van der Waals surface area contributed by atoms with Crippen molar-refractivity contribution in [3.05, 3.63) is 42.4 Å². The molecule has 0 unspecified atom stereocenters. The Hall–Kier alpha value is -2.56. The quantitative estimate of drug-likeness (QED) is 0.465. The molecule has 0 bridgehead atoms. The number of nitrogens with one attached hydrogen (secondary N) is 1. The Morgan fingerprint density at radius 3 is 2.47 bits per heavy atom. The van der Waals surface area contributed by atoms with E-state index in [9.17, 15) is 4.79 Å². The van der Waals surface area contributed by atoms with Gasteiger partial charge in [0.1, 0.15) is 0 Å². The highest BCUT2D eigenvalue weighted by Crippen LogP contribution is 2.33. The number of carbonyl (C=O) groups is 1. The maximum atomic E-state index is 12.4. The van der Waals surface area contributed by atoms with Gasteiger partial charge >= 0.3 is 5.97 Å². The molecule has 2 saturated carbocycles. The Morgan fingerprint density at radius 1 is 1.00 bits per heavy atom. The number of hydrogen-bond donors (Lipinski definition) is 1. The molecule has 2 aromatic heterocycles. The Balaban J connectivity index is 1.69. The van der Waals surface area contributed by atoms with Gasteiger partial charge in [-0.15, -0.1) is 0 Å². The molecule has 0 amide bonds. The summed E-state index contributed by atoms with van der Waals surface area (Å²) in [6.45, 7) is 0. The average Bonchev–Trinajstić information content (AvgIpc) is 3.18. The van der Waals surface area contributed by atoms with Crippen molar-refractivity contribution in [3.8, 4) is 0 Å². The molecule has 2 fully saturated rings. The van der Waals surface area contributed by atoms with Crippen molar-refractivity contribution in [2.75, 3.05) is 12.4 Å². The van der Waals surface area contributed by atoms with Crippen molar-refractivity contribution in [1.82, 2.24) is 4.40 Å². The van der Waals surface area contributed by atoms with Crippen LogP contribution in [0.4, 0.5) is 5.82 Å². The number of aromatic nitrogens is 2. The van der Waals surface area contributed by atoms with E-state index in [1.807, 2.05) is 18.2 Å². The zero-order valence-corrected chi connectivity index (χ0v) is 17.9. The number of rotatable bonds is 4. The summed E-state index contributed by atoms with van der Waals surface area (Å²) in [6.07, 6.45) is 17.2. The van der Waals surface area contributed by atoms with Crippen molar-refractivity contribution in [1.29, 1.82) is 0 Å². The Morgan fingerprint density at radius 2 is 1.73 bits per heavy atom. The summed E-state index contributed by atoms with van der Waals surface area (Å²) in [5.74, 6) is 0.944. The lowest BCUT2D eigenvalue weighted by atomic mass is 9.94. The molecule has 5 nitrogen and oxygen atoms in total. The summed E-state index contributed by atoms with van der Waals surface area (Å²) < 4.78 is 9.77. The topological polar surface area (TPSA) is 46.6 Å². The van der Waals surface area contributed by atoms with Gasteiger partial charge in [0, 0.05) is 10.8 Å². The largest absolute Gasteiger partial charge is 0.465 e. The van der Waals surface area contributed by atoms with E-state index in [2.05, 4.69) is 32.9 Å². The zero-order chi connectivity index (χ0) is 20.5. The number of anilines is 1. The highest BCUT2D eigenvalue weighted by Gasteiger charge is 2.29. The van der Waals surface area contributed by atoms with E-state index in [0.29, 0.717) is 17.6 Å². The molecule has 0 spiro atoms. The van der Waals surface area contributed by atoms with E-state index in [4.69, 9.17) is 4.74 Å². The Bertz CT molecular complexity index is 1060. The highest BCUT2D eigenvalue weighted by atomic mass is 16.5. The third kappa shape index (κ3) is 3.44. The van der Waals surface area contributed by atoms with Crippen LogP contribution in [0.3, 0.4) is 0 Å². The average molecular weight is 407 g/mol. The van der Waals surface area contributed by atoms with Crippen LogP contribution in [0.15, 0.2) is 36.8 Å². The third-order valence-corrected chi connectivity index (χ3v) is 7.07. The van der Waals surface area contributed by atoms with Crippen LogP contribution in [-0.4, -0.2) is 23.5 Å². The van der Waals surface area contributed by atoms with E-state index in [1.54, 1.807) is 0 Å². The van der Waals surface area contributed by atoms with Crippen LogP contribution in [0.1, 0.15) is 80.6 Å². The molecule has 0 saturated heterocycles. The SMILES string of the molecule is COC(=O)c1cccc2c1ccn1c[n+](C3CCCCC3)c(NC3CCCCC3)c21. The zero-order valence-electron chi connectivity index (χ0n) is 17.9. The number of benzene rings is 1. The van der Waals surface area contributed by atoms with Crippen molar-refractivity contribution >= 4 is 28.1 Å². The molecular weight excluding hydrogens is 374 g/mol. The fourth-order valence-electron chi connectivity index (χ4n) is 5.49. The number of esters is 1. The number of hydrogen-bond acceptors (Lipinski definition) is 3. The normalized spacial score (nSPS) is 18.7. The number of pyridine rings is 1. The molecule has 2 aliphatic rings. The fourth-order valence-corrected chi connectivity index (χ4v) is 5.49. The summed E-state index contributed by atoms with van der Waals surface area (Å²) in [7, 11) is 1.45.